The highest BCUT2D eigenvalue weighted by molar-refractivity contribution is 7.99. The van der Waals surface area contributed by atoms with E-state index in [1.807, 2.05) is 12.5 Å². The maximum atomic E-state index is 5.81. The van der Waals surface area contributed by atoms with E-state index in [1.165, 1.54) is 5.56 Å². The van der Waals surface area contributed by atoms with E-state index in [0.717, 1.165) is 29.5 Å². The Morgan fingerprint density at radius 3 is 3.00 bits per heavy atom. The smallest absolute Gasteiger partial charge is 0.191 e. The van der Waals surface area contributed by atoms with Gasteiger partial charge in [0.15, 0.2) is 5.16 Å². The standard InChI is InChI=1S/C14H16N4OS2/c1-8(10-5-9-3-4-19-11(9)7-16-10)21-14-17-12(15)6-13(18-14)20-2/h5-8H,3-4H2,1-2H3,(H2,15,17,18). The summed E-state index contributed by atoms with van der Waals surface area (Å²) in [5.41, 5.74) is 8.06. The highest BCUT2D eigenvalue weighted by Gasteiger charge is 2.17. The van der Waals surface area contributed by atoms with Crippen molar-refractivity contribution < 1.29 is 4.74 Å². The minimum Gasteiger partial charge on any atom is -0.491 e. The maximum absolute atomic E-state index is 5.81. The van der Waals surface area contributed by atoms with Gasteiger partial charge >= 0.3 is 0 Å². The summed E-state index contributed by atoms with van der Waals surface area (Å²) >= 11 is 3.13. The topological polar surface area (TPSA) is 73.9 Å². The lowest BCUT2D eigenvalue weighted by molar-refractivity contribution is 0.355. The van der Waals surface area contributed by atoms with Gasteiger partial charge in [-0.05, 0) is 19.2 Å². The van der Waals surface area contributed by atoms with Crippen LogP contribution in [-0.4, -0.2) is 27.8 Å². The Balaban J connectivity index is 1.80. The molecule has 0 bridgehead atoms. The molecule has 5 nitrogen and oxygen atoms in total. The largest absolute Gasteiger partial charge is 0.491 e. The molecule has 1 aliphatic heterocycles. The number of hydrogen-bond donors (Lipinski definition) is 1. The van der Waals surface area contributed by atoms with Crippen molar-refractivity contribution in [2.24, 2.45) is 0 Å². The number of anilines is 1. The summed E-state index contributed by atoms with van der Waals surface area (Å²) in [6.07, 6.45) is 4.73. The van der Waals surface area contributed by atoms with Crippen molar-refractivity contribution in [3.63, 3.8) is 0 Å². The molecule has 3 heterocycles. The van der Waals surface area contributed by atoms with Crippen LogP contribution in [0.5, 0.6) is 5.75 Å². The fourth-order valence-corrected chi connectivity index (χ4v) is 3.47. The molecule has 2 aromatic rings. The molecule has 0 fully saturated rings. The first kappa shape index (κ1) is 14.5. The van der Waals surface area contributed by atoms with Crippen molar-refractivity contribution in [1.29, 1.82) is 0 Å². The Morgan fingerprint density at radius 1 is 1.33 bits per heavy atom. The summed E-state index contributed by atoms with van der Waals surface area (Å²) in [6, 6.07) is 3.89. The van der Waals surface area contributed by atoms with E-state index in [2.05, 4.69) is 27.9 Å². The van der Waals surface area contributed by atoms with Crippen molar-refractivity contribution in [1.82, 2.24) is 15.0 Å². The summed E-state index contributed by atoms with van der Waals surface area (Å²) in [4.78, 5) is 13.2. The lowest BCUT2D eigenvalue weighted by Crippen LogP contribution is -1.99. The molecule has 2 aromatic heterocycles. The Hall–Kier alpha value is -1.47. The maximum Gasteiger partial charge on any atom is 0.191 e. The van der Waals surface area contributed by atoms with Crippen LogP contribution < -0.4 is 10.5 Å². The Labute approximate surface area is 132 Å². The summed E-state index contributed by atoms with van der Waals surface area (Å²) < 4.78 is 5.48. The number of nitrogens with two attached hydrogens (primary N) is 1. The number of nitrogen functional groups attached to an aromatic ring is 1. The first-order valence-corrected chi connectivity index (χ1v) is 8.73. The Kier molecular flexibility index (Phi) is 4.21. The van der Waals surface area contributed by atoms with Crippen molar-refractivity contribution in [3.05, 3.63) is 29.6 Å². The van der Waals surface area contributed by atoms with Gasteiger partial charge in [0.05, 0.1) is 23.7 Å². The van der Waals surface area contributed by atoms with Crippen LogP contribution in [0.25, 0.3) is 0 Å². The van der Waals surface area contributed by atoms with E-state index >= 15 is 0 Å². The Morgan fingerprint density at radius 2 is 2.19 bits per heavy atom. The second-order valence-electron chi connectivity index (χ2n) is 4.69. The number of ether oxygens (including phenoxy) is 1. The molecule has 0 spiro atoms. The van der Waals surface area contributed by atoms with E-state index < -0.39 is 0 Å². The van der Waals surface area contributed by atoms with Crippen LogP contribution >= 0.6 is 23.5 Å². The lowest BCUT2D eigenvalue weighted by Gasteiger charge is -2.11. The molecule has 0 saturated carbocycles. The van der Waals surface area contributed by atoms with E-state index in [0.29, 0.717) is 11.0 Å². The van der Waals surface area contributed by atoms with Gasteiger partial charge in [-0.15, -0.1) is 11.8 Å². The first-order chi connectivity index (χ1) is 10.2. The molecule has 0 saturated heterocycles. The molecule has 1 unspecified atom stereocenters. The van der Waals surface area contributed by atoms with Crippen molar-refractivity contribution in [2.45, 2.75) is 28.8 Å². The summed E-state index contributed by atoms with van der Waals surface area (Å²) in [5, 5.41) is 1.73. The molecule has 21 heavy (non-hydrogen) atoms. The first-order valence-electron chi connectivity index (χ1n) is 6.62. The lowest BCUT2D eigenvalue weighted by atomic mass is 10.1. The molecule has 1 atom stereocenters. The van der Waals surface area contributed by atoms with Gasteiger partial charge in [-0.2, -0.15) is 0 Å². The monoisotopic (exact) mass is 320 g/mol. The fraction of sp³-hybridized carbons (Fsp3) is 0.357. The second kappa shape index (κ2) is 6.11. The van der Waals surface area contributed by atoms with Gasteiger partial charge in [0.1, 0.15) is 16.6 Å². The highest BCUT2D eigenvalue weighted by atomic mass is 32.2. The van der Waals surface area contributed by atoms with Crippen molar-refractivity contribution in [2.75, 3.05) is 18.6 Å². The van der Waals surface area contributed by atoms with Gasteiger partial charge in [-0.25, -0.2) is 9.97 Å². The van der Waals surface area contributed by atoms with Gasteiger partial charge in [0, 0.05) is 18.1 Å². The summed E-state index contributed by atoms with van der Waals surface area (Å²) in [6.45, 7) is 2.85. The van der Waals surface area contributed by atoms with Crippen LogP contribution in [0.3, 0.4) is 0 Å². The van der Waals surface area contributed by atoms with Crippen LogP contribution in [-0.2, 0) is 6.42 Å². The van der Waals surface area contributed by atoms with Gasteiger partial charge in [-0.1, -0.05) is 11.8 Å². The minimum atomic E-state index is 0.160. The molecule has 110 valence electrons. The van der Waals surface area contributed by atoms with E-state index in [-0.39, 0.29) is 5.25 Å². The third-order valence-corrected chi connectivity index (χ3v) is 4.82. The normalized spacial score (nSPS) is 14.6. The molecular weight excluding hydrogens is 304 g/mol. The Bertz CT molecular complexity index is 665. The van der Waals surface area contributed by atoms with Gasteiger partial charge in [-0.3, -0.25) is 4.98 Å². The average molecular weight is 320 g/mol. The second-order valence-corrected chi connectivity index (χ2v) is 6.83. The molecule has 0 aliphatic carbocycles. The van der Waals surface area contributed by atoms with Crippen LogP contribution in [0, 0.1) is 0 Å². The zero-order valence-electron chi connectivity index (χ0n) is 11.9. The van der Waals surface area contributed by atoms with E-state index in [1.54, 1.807) is 29.6 Å². The van der Waals surface area contributed by atoms with Gasteiger partial charge in [0.2, 0.25) is 0 Å². The van der Waals surface area contributed by atoms with Crippen molar-refractivity contribution in [3.8, 4) is 5.75 Å². The number of rotatable bonds is 4. The number of nitrogens with zero attached hydrogens (tertiary/aromatic N) is 3. The summed E-state index contributed by atoms with van der Waals surface area (Å²) in [5.74, 6) is 1.40. The molecule has 0 aromatic carbocycles. The molecule has 0 amide bonds. The number of fused-ring (bicyclic) bond motifs is 1. The van der Waals surface area contributed by atoms with Crippen LogP contribution in [0.2, 0.25) is 0 Å². The molecular formula is C14H16N4OS2. The van der Waals surface area contributed by atoms with E-state index in [9.17, 15) is 0 Å². The van der Waals surface area contributed by atoms with E-state index in [4.69, 9.17) is 10.5 Å². The quantitative estimate of drug-likeness (QED) is 0.527. The predicted octanol–water partition coefficient (Wildman–Crippen LogP) is 2.96. The van der Waals surface area contributed by atoms with Gasteiger partial charge in [0.25, 0.3) is 0 Å². The molecule has 1 aliphatic rings. The number of aromatic nitrogens is 3. The van der Waals surface area contributed by atoms with Crippen LogP contribution in [0.15, 0.2) is 28.5 Å². The zero-order chi connectivity index (χ0) is 14.8. The minimum absolute atomic E-state index is 0.160. The number of thioether (sulfide) groups is 2. The molecule has 0 radical (unpaired) electrons. The predicted molar refractivity (Wildman–Crippen MR) is 85.9 cm³/mol. The van der Waals surface area contributed by atoms with Gasteiger partial charge < -0.3 is 10.5 Å². The average Bonchev–Trinajstić information content (AvgIpc) is 2.93. The molecule has 2 N–H and O–H groups in total. The highest BCUT2D eigenvalue weighted by Crippen LogP contribution is 2.35. The number of hydrogen-bond acceptors (Lipinski definition) is 7. The van der Waals surface area contributed by atoms with Crippen molar-refractivity contribution >= 4 is 29.3 Å². The molecule has 7 heteroatoms. The third kappa shape index (κ3) is 3.24. The SMILES string of the molecule is CSc1cc(N)nc(SC(C)c2cc3c(cn2)OCC3)n1. The number of pyridine rings is 1. The zero-order valence-corrected chi connectivity index (χ0v) is 13.5. The van der Waals surface area contributed by atoms with Crippen LogP contribution in [0.4, 0.5) is 5.82 Å². The molecule has 3 rings (SSSR count). The fourth-order valence-electron chi connectivity index (χ4n) is 2.12. The van der Waals surface area contributed by atoms with Crippen LogP contribution in [0.1, 0.15) is 23.4 Å². The summed E-state index contributed by atoms with van der Waals surface area (Å²) in [7, 11) is 0. The third-order valence-electron chi connectivity index (χ3n) is 3.21.